The molecule has 2 aromatic rings. The van der Waals surface area contributed by atoms with E-state index >= 15 is 0 Å². The number of hydrogen-bond donors (Lipinski definition) is 0. The van der Waals surface area contributed by atoms with Gasteiger partial charge in [-0.15, -0.1) is 0 Å². The molecule has 1 spiro atoms. The first-order chi connectivity index (χ1) is 12.4. The summed E-state index contributed by atoms with van der Waals surface area (Å²) in [5.41, 5.74) is 2.46. The van der Waals surface area contributed by atoms with Crippen LogP contribution in [0.3, 0.4) is 0 Å². The van der Waals surface area contributed by atoms with Gasteiger partial charge in [0.15, 0.2) is 0 Å². The van der Waals surface area contributed by atoms with Crippen molar-refractivity contribution in [2.45, 2.75) is 19.0 Å². The van der Waals surface area contributed by atoms with E-state index < -0.39 is 11.9 Å². The average molecular weight is 361 g/mol. The summed E-state index contributed by atoms with van der Waals surface area (Å²) in [5.74, 6) is 0.805. The summed E-state index contributed by atoms with van der Waals surface area (Å²) in [6.45, 7) is 1.70. The molecule has 4 rings (SSSR count). The van der Waals surface area contributed by atoms with E-state index in [2.05, 4.69) is 20.9 Å². The zero-order valence-corrected chi connectivity index (χ0v) is 14.3. The smallest absolute Gasteiger partial charge is 0.433 e. The quantitative estimate of drug-likeness (QED) is 0.822. The lowest BCUT2D eigenvalue weighted by Gasteiger charge is -2.58. The Hall–Kier alpha value is -2.57. The minimum absolute atomic E-state index is 0.240. The van der Waals surface area contributed by atoms with Gasteiger partial charge in [-0.3, -0.25) is 4.98 Å². The van der Waals surface area contributed by atoms with Crippen LogP contribution >= 0.6 is 0 Å². The minimum Gasteiger partial charge on any atom is -0.496 e. The van der Waals surface area contributed by atoms with Crippen molar-refractivity contribution in [1.29, 1.82) is 0 Å². The second-order valence-electron chi connectivity index (χ2n) is 7.03. The number of rotatable bonds is 3. The fourth-order valence-corrected chi connectivity index (χ4v) is 3.83. The molecular weight excluding hydrogens is 343 g/mol. The van der Waals surface area contributed by atoms with Crippen molar-refractivity contribution in [1.82, 2.24) is 9.97 Å². The van der Waals surface area contributed by atoms with Gasteiger partial charge in [0.1, 0.15) is 11.4 Å². The third-order valence-corrected chi connectivity index (χ3v) is 5.05. The lowest BCUT2D eigenvalue weighted by Crippen LogP contribution is -2.60. The van der Waals surface area contributed by atoms with Crippen molar-refractivity contribution in [3.8, 4) is 5.75 Å². The number of pyridine rings is 2. The lowest BCUT2D eigenvalue weighted by atomic mass is 9.60. The highest BCUT2D eigenvalue weighted by Crippen LogP contribution is 2.53. The number of methoxy groups -OCH3 is 1. The molecule has 2 fully saturated rings. The number of alkyl halides is 3. The molecule has 1 aliphatic heterocycles. The third-order valence-electron chi connectivity index (χ3n) is 5.05. The van der Waals surface area contributed by atoms with Crippen molar-refractivity contribution in [3.05, 3.63) is 53.6 Å². The van der Waals surface area contributed by atoms with Crippen molar-refractivity contribution < 1.29 is 17.9 Å². The van der Waals surface area contributed by atoms with E-state index in [-0.39, 0.29) is 5.41 Å². The maximum Gasteiger partial charge on any atom is 0.433 e. The molecule has 0 radical (unpaired) electrons. The molecule has 0 unspecified atom stereocenters. The van der Waals surface area contributed by atoms with Crippen LogP contribution in [-0.4, -0.2) is 30.2 Å². The molecule has 136 valence electrons. The molecular formula is C19H18F3N3O. The van der Waals surface area contributed by atoms with E-state index in [1.165, 1.54) is 17.8 Å². The molecule has 3 heterocycles. The van der Waals surface area contributed by atoms with Gasteiger partial charge in [0.05, 0.1) is 19.0 Å². The van der Waals surface area contributed by atoms with Gasteiger partial charge in [-0.1, -0.05) is 11.6 Å². The summed E-state index contributed by atoms with van der Waals surface area (Å²) < 4.78 is 43.1. The highest BCUT2D eigenvalue weighted by Gasteiger charge is 2.50. The highest BCUT2D eigenvalue weighted by atomic mass is 19.4. The van der Waals surface area contributed by atoms with Crippen LogP contribution in [0.1, 0.15) is 24.1 Å². The Morgan fingerprint density at radius 2 is 1.92 bits per heavy atom. The molecule has 1 saturated carbocycles. The molecule has 4 nitrogen and oxygen atoms in total. The van der Waals surface area contributed by atoms with E-state index in [1.54, 1.807) is 19.5 Å². The van der Waals surface area contributed by atoms with Crippen molar-refractivity contribution >= 4 is 11.8 Å². The Morgan fingerprint density at radius 1 is 1.15 bits per heavy atom. The van der Waals surface area contributed by atoms with E-state index in [4.69, 9.17) is 4.74 Å². The zero-order valence-electron chi connectivity index (χ0n) is 14.3. The predicted molar refractivity (Wildman–Crippen MR) is 91.9 cm³/mol. The van der Waals surface area contributed by atoms with Crippen LogP contribution in [0.2, 0.25) is 0 Å². The monoisotopic (exact) mass is 361 g/mol. The number of aromatic nitrogens is 2. The van der Waals surface area contributed by atoms with Crippen molar-refractivity contribution in [2.24, 2.45) is 5.41 Å². The molecule has 2 aliphatic rings. The first kappa shape index (κ1) is 16.9. The lowest BCUT2D eigenvalue weighted by molar-refractivity contribution is -0.141. The van der Waals surface area contributed by atoms with Crippen LogP contribution in [0.5, 0.6) is 5.75 Å². The van der Waals surface area contributed by atoms with Crippen molar-refractivity contribution in [2.75, 3.05) is 25.1 Å². The maximum atomic E-state index is 12.6. The maximum absolute atomic E-state index is 12.6. The van der Waals surface area contributed by atoms with E-state index in [9.17, 15) is 13.2 Å². The van der Waals surface area contributed by atoms with Crippen molar-refractivity contribution in [3.63, 3.8) is 0 Å². The van der Waals surface area contributed by atoms with Gasteiger partial charge in [0, 0.05) is 36.5 Å². The van der Waals surface area contributed by atoms with Crippen LogP contribution in [0.4, 0.5) is 18.9 Å². The van der Waals surface area contributed by atoms with Gasteiger partial charge in [0.25, 0.3) is 0 Å². The molecule has 0 aromatic carbocycles. The van der Waals surface area contributed by atoms with Gasteiger partial charge in [-0.25, -0.2) is 4.98 Å². The number of hydrogen-bond acceptors (Lipinski definition) is 4. The topological polar surface area (TPSA) is 38.2 Å². The Morgan fingerprint density at radius 3 is 2.54 bits per heavy atom. The SMILES string of the molecule is COc1ccncc1C=C1CC2(C1)CN(c1ccc(C(F)(F)F)nc1)C2. The van der Waals surface area contributed by atoms with E-state index in [0.29, 0.717) is 0 Å². The highest BCUT2D eigenvalue weighted by molar-refractivity contribution is 5.61. The molecule has 0 bridgehead atoms. The van der Waals surface area contributed by atoms with Crippen LogP contribution in [-0.2, 0) is 6.18 Å². The summed E-state index contributed by atoms with van der Waals surface area (Å²) >= 11 is 0. The Labute approximate surface area is 149 Å². The molecule has 2 aromatic heterocycles. The largest absolute Gasteiger partial charge is 0.496 e. The summed E-state index contributed by atoms with van der Waals surface area (Å²) in [4.78, 5) is 9.74. The molecule has 0 amide bonds. The third kappa shape index (κ3) is 3.02. The van der Waals surface area contributed by atoms with Crippen LogP contribution in [0.25, 0.3) is 6.08 Å². The first-order valence-electron chi connectivity index (χ1n) is 8.34. The van der Waals surface area contributed by atoms with E-state index in [0.717, 1.165) is 49.0 Å². The van der Waals surface area contributed by atoms with E-state index in [1.807, 2.05) is 6.07 Å². The first-order valence-corrected chi connectivity index (χ1v) is 8.34. The second-order valence-corrected chi connectivity index (χ2v) is 7.03. The van der Waals surface area contributed by atoms with Crippen LogP contribution < -0.4 is 9.64 Å². The standard InChI is InChI=1S/C19H18F3N3O/c1-26-16-4-5-23-9-14(16)6-13-7-18(8-13)11-25(12-18)15-2-3-17(24-10-15)19(20,21)22/h2-6,9-10H,7-8,11-12H2,1H3. The summed E-state index contributed by atoms with van der Waals surface area (Å²) in [6, 6.07) is 4.38. The zero-order chi connectivity index (χ0) is 18.4. The van der Waals surface area contributed by atoms with Gasteiger partial charge >= 0.3 is 6.18 Å². The number of ether oxygens (including phenoxy) is 1. The fraction of sp³-hybridized carbons (Fsp3) is 0.368. The molecule has 1 aliphatic carbocycles. The number of anilines is 1. The normalized spacial score (nSPS) is 18.3. The fourth-order valence-electron chi connectivity index (χ4n) is 3.83. The Kier molecular flexibility index (Phi) is 3.89. The predicted octanol–water partition coefficient (Wildman–Crippen LogP) is 4.19. The van der Waals surface area contributed by atoms with Crippen LogP contribution in [0, 0.1) is 5.41 Å². The average Bonchev–Trinajstić information content (AvgIpc) is 2.55. The molecule has 26 heavy (non-hydrogen) atoms. The van der Waals surface area contributed by atoms with Gasteiger partial charge in [-0.2, -0.15) is 13.2 Å². The molecule has 0 atom stereocenters. The Balaban J connectivity index is 1.37. The number of nitrogens with zero attached hydrogens (tertiary/aromatic N) is 3. The molecule has 1 saturated heterocycles. The number of halogens is 3. The van der Waals surface area contributed by atoms with Gasteiger partial charge < -0.3 is 9.64 Å². The molecule has 7 heteroatoms. The van der Waals surface area contributed by atoms with Gasteiger partial charge in [0.2, 0.25) is 0 Å². The number of allylic oxidation sites excluding steroid dienone is 1. The molecule has 0 N–H and O–H groups in total. The second kappa shape index (κ2) is 6.00. The summed E-state index contributed by atoms with van der Waals surface area (Å²) in [6.07, 6.45) is 4.52. The van der Waals surface area contributed by atoms with Crippen LogP contribution in [0.15, 0.2) is 42.4 Å². The minimum atomic E-state index is -4.39. The Bertz CT molecular complexity index is 830. The summed E-state index contributed by atoms with van der Waals surface area (Å²) in [5, 5.41) is 0. The summed E-state index contributed by atoms with van der Waals surface area (Å²) in [7, 11) is 1.64. The van der Waals surface area contributed by atoms with Gasteiger partial charge in [-0.05, 0) is 31.0 Å².